The molecule has 1 saturated heterocycles. The summed E-state index contributed by atoms with van der Waals surface area (Å²) in [7, 11) is 0. The number of aryl methyl sites for hydroxylation is 1. The molecule has 0 spiro atoms. The van der Waals surface area contributed by atoms with Gasteiger partial charge in [0.1, 0.15) is 0 Å². The third kappa shape index (κ3) is 4.67. The zero-order valence-corrected chi connectivity index (χ0v) is 14.3. The van der Waals surface area contributed by atoms with Crippen molar-refractivity contribution < 1.29 is 14.3 Å². The Morgan fingerprint density at radius 2 is 1.80 bits per heavy atom. The van der Waals surface area contributed by atoms with Crippen molar-refractivity contribution in [3.8, 4) is 0 Å². The minimum atomic E-state index is -0.138. The van der Waals surface area contributed by atoms with Gasteiger partial charge in [0.15, 0.2) is 0 Å². The summed E-state index contributed by atoms with van der Waals surface area (Å²) in [6.45, 7) is 4.48. The number of hydrogen-bond acceptors (Lipinski definition) is 3. The lowest BCUT2D eigenvalue weighted by molar-refractivity contribution is -0.134. The van der Waals surface area contributed by atoms with Gasteiger partial charge in [0.05, 0.1) is 19.6 Å². The lowest BCUT2D eigenvalue weighted by Gasteiger charge is -2.26. The summed E-state index contributed by atoms with van der Waals surface area (Å²) in [6, 6.07) is 14.9. The maximum atomic E-state index is 12.3. The lowest BCUT2D eigenvalue weighted by Crippen LogP contribution is -2.41. The second kappa shape index (κ2) is 7.94. The van der Waals surface area contributed by atoms with Gasteiger partial charge >= 0.3 is 0 Å². The summed E-state index contributed by atoms with van der Waals surface area (Å²) < 4.78 is 5.26. The molecule has 0 atom stereocenters. The van der Waals surface area contributed by atoms with Gasteiger partial charge in [-0.3, -0.25) is 9.59 Å². The Morgan fingerprint density at radius 1 is 1.08 bits per heavy atom. The van der Waals surface area contributed by atoms with Crippen LogP contribution in [0.5, 0.6) is 0 Å². The second-order valence-corrected chi connectivity index (χ2v) is 6.19. The molecule has 2 aromatic carbocycles. The molecule has 1 heterocycles. The van der Waals surface area contributed by atoms with E-state index in [1.165, 1.54) is 0 Å². The second-order valence-electron chi connectivity index (χ2n) is 6.19. The third-order valence-electron chi connectivity index (χ3n) is 4.21. The average Bonchev–Trinajstić information content (AvgIpc) is 2.64. The highest BCUT2D eigenvalue weighted by molar-refractivity contribution is 6.04. The van der Waals surface area contributed by atoms with Crippen molar-refractivity contribution in [2.45, 2.75) is 13.3 Å². The van der Waals surface area contributed by atoms with Crippen molar-refractivity contribution in [3.05, 3.63) is 65.2 Å². The number of carbonyl (C=O) groups excluding carboxylic acids is 2. The summed E-state index contributed by atoms with van der Waals surface area (Å²) >= 11 is 0. The fourth-order valence-corrected chi connectivity index (χ4v) is 2.79. The van der Waals surface area contributed by atoms with Crippen LogP contribution in [0.25, 0.3) is 0 Å². The molecule has 130 valence electrons. The molecule has 0 saturated carbocycles. The largest absolute Gasteiger partial charge is 0.378 e. The molecular weight excluding hydrogens is 316 g/mol. The summed E-state index contributed by atoms with van der Waals surface area (Å²) in [5, 5.41) is 2.88. The molecule has 0 aliphatic carbocycles. The number of amides is 2. The molecule has 5 heteroatoms. The number of morpholine rings is 1. The predicted molar refractivity (Wildman–Crippen MR) is 96.7 cm³/mol. The summed E-state index contributed by atoms with van der Waals surface area (Å²) in [4.78, 5) is 26.3. The molecule has 3 rings (SSSR count). The van der Waals surface area contributed by atoms with Gasteiger partial charge in [-0.25, -0.2) is 0 Å². The monoisotopic (exact) mass is 338 g/mol. The normalized spacial score (nSPS) is 14.2. The van der Waals surface area contributed by atoms with Gasteiger partial charge in [-0.15, -0.1) is 0 Å². The van der Waals surface area contributed by atoms with E-state index in [1.807, 2.05) is 54.3 Å². The zero-order chi connectivity index (χ0) is 17.6. The predicted octanol–water partition coefficient (Wildman–Crippen LogP) is 2.65. The Labute approximate surface area is 147 Å². The molecule has 5 nitrogen and oxygen atoms in total. The highest BCUT2D eigenvalue weighted by Gasteiger charge is 2.17. The van der Waals surface area contributed by atoms with Crippen LogP contribution in [0.3, 0.4) is 0 Å². The standard InChI is InChI=1S/C20H22N2O3/c1-15-3-2-4-17(13-15)20(24)21-18-7-5-16(6-8-18)14-19(23)22-9-11-25-12-10-22/h2-8,13H,9-12,14H2,1H3,(H,21,24). The fraction of sp³-hybridized carbons (Fsp3) is 0.300. The van der Waals surface area contributed by atoms with Gasteiger partial charge in [-0.05, 0) is 36.8 Å². The molecule has 1 aliphatic rings. The Bertz CT molecular complexity index is 750. The van der Waals surface area contributed by atoms with E-state index in [9.17, 15) is 9.59 Å². The Hall–Kier alpha value is -2.66. The van der Waals surface area contributed by atoms with E-state index in [0.29, 0.717) is 44.0 Å². The van der Waals surface area contributed by atoms with Crippen molar-refractivity contribution in [1.29, 1.82) is 0 Å². The van der Waals surface area contributed by atoms with Gasteiger partial charge in [0.2, 0.25) is 5.91 Å². The molecule has 0 radical (unpaired) electrons. The van der Waals surface area contributed by atoms with E-state index in [-0.39, 0.29) is 11.8 Å². The van der Waals surface area contributed by atoms with Crippen LogP contribution in [-0.4, -0.2) is 43.0 Å². The molecule has 0 unspecified atom stereocenters. The Morgan fingerprint density at radius 3 is 2.48 bits per heavy atom. The van der Waals surface area contributed by atoms with Crippen LogP contribution in [0.15, 0.2) is 48.5 Å². The van der Waals surface area contributed by atoms with Crippen molar-refractivity contribution in [2.24, 2.45) is 0 Å². The first-order chi connectivity index (χ1) is 12.1. The topological polar surface area (TPSA) is 58.6 Å². The molecule has 2 amide bonds. The molecule has 1 aliphatic heterocycles. The molecule has 0 aromatic heterocycles. The number of nitrogens with zero attached hydrogens (tertiary/aromatic N) is 1. The SMILES string of the molecule is Cc1cccc(C(=O)Nc2ccc(CC(=O)N3CCOCC3)cc2)c1. The number of carbonyl (C=O) groups is 2. The average molecular weight is 338 g/mol. The van der Waals surface area contributed by atoms with E-state index in [1.54, 1.807) is 6.07 Å². The van der Waals surface area contributed by atoms with Crippen molar-refractivity contribution in [2.75, 3.05) is 31.6 Å². The Kier molecular flexibility index (Phi) is 5.46. The van der Waals surface area contributed by atoms with Crippen molar-refractivity contribution >= 4 is 17.5 Å². The molecule has 1 fully saturated rings. The van der Waals surface area contributed by atoms with Gasteiger partial charge in [-0.2, -0.15) is 0 Å². The van der Waals surface area contributed by atoms with E-state index in [2.05, 4.69) is 5.32 Å². The van der Waals surface area contributed by atoms with Gasteiger partial charge < -0.3 is 15.0 Å². The van der Waals surface area contributed by atoms with Crippen LogP contribution in [0, 0.1) is 6.92 Å². The fourth-order valence-electron chi connectivity index (χ4n) is 2.79. The highest BCUT2D eigenvalue weighted by Crippen LogP contribution is 2.13. The van der Waals surface area contributed by atoms with Crippen LogP contribution in [0.2, 0.25) is 0 Å². The van der Waals surface area contributed by atoms with Crippen molar-refractivity contribution in [3.63, 3.8) is 0 Å². The van der Waals surface area contributed by atoms with Crippen LogP contribution >= 0.6 is 0 Å². The highest BCUT2D eigenvalue weighted by atomic mass is 16.5. The number of nitrogens with one attached hydrogen (secondary N) is 1. The van der Waals surface area contributed by atoms with Gasteiger partial charge in [0, 0.05) is 24.3 Å². The molecule has 2 aromatic rings. The van der Waals surface area contributed by atoms with E-state index < -0.39 is 0 Å². The maximum Gasteiger partial charge on any atom is 0.255 e. The number of rotatable bonds is 4. The van der Waals surface area contributed by atoms with Crippen LogP contribution < -0.4 is 5.32 Å². The quantitative estimate of drug-likeness (QED) is 0.932. The van der Waals surface area contributed by atoms with E-state index >= 15 is 0 Å². The molecular formula is C20H22N2O3. The maximum absolute atomic E-state index is 12.3. The third-order valence-corrected chi connectivity index (χ3v) is 4.21. The Balaban J connectivity index is 1.58. The first-order valence-electron chi connectivity index (χ1n) is 8.44. The summed E-state index contributed by atoms with van der Waals surface area (Å²) in [6.07, 6.45) is 0.367. The summed E-state index contributed by atoms with van der Waals surface area (Å²) in [5.74, 6) is -0.0271. The summed E-state index contributed by atoms with van der Waals surface area (Å²) in [5.41, 5.74) is 3.33. The smallest absolute Gasteiger partial charge is 0.255 e. The van der Waals surface area contributed by atoms with Gasteiger partial charge in [-0.1, -0.05) is 29.8 Å². The number of anilines is 1. The van der Waals surface area contributed by atoms with Crippen LogP contribution in [0.4, 0.5) is 5.69 Å². The first-order valence-corrected chi connectivity index (χ1v) is 8.44. The van der Waals surface area contributed by atoms with E-state index in [0.717, 1.165) is 11.1 Å². The number of benzene rings is 2. The molecule has 0 bridgehead atoms. The molecule has 1 N–H and O–H groups in total. The van der Waals surface area contributed by atoms with Crippen LogP contribution in [-0.2, 0) is 16.0 Å². The number of ether oxygens (including phenoxy) is 1. The lowest BCUT2D eigenvalue weighted by atomic mass is 10.1. The van der Waals surface area contributed by atoms with Gasteiger partial charge in [0.25, 0.3) is 5.91 Å². The first kappa shape index (κ1) is 17.2. The molecule has 25 heavy (non-hydrogen) atoms. The number of hydrogen-bond donors (Lipinski definition) is 1. The zero-order valence-electron chi connectivity index (χ0n) is 14.3. The minimum Gasteiger partial charge on any atom is -0.378 e. The van der Waals surface area contributed by atoms with Crippen molar-refractivity contribution in [1.82, 2.24) is 4.90 Å². The van der Waals surface area contributed by atoms with Crippen LogP contribution in [0.1, 0.15) is 21.5 Å². The van der Waals surface area contributed by atoms with E-state index in [4.69, 9.17) is 4.74 Å². The minimum absolute atomic E-state index is 0.111.